The summed E-state index contributed by atoms with van der Waals surface area (Å²) in [5.74, 6) is -2.22. The van der Waals surface area contributed by atoms with Gasteiger partial charge in [0.05, 0.1) is 11.6 Å². The van der Waals surface area contributed by atoms with Gasteiger partial charge in [0, 0.05) is 5.75 Å². The first-order chi connectivity index (χ1) is 15.4. The van der Waals surface area contributed by atoms with E-state index in [9.17, 15) is 19.5 Å². The lowest BCUT2D eigenvalue weighted by molar-refractivity contribution is -0.145. The number of hydrazone groups is 1. The maximum atomic E-state index is 13.1. The molecule has 1 aliphatic heterocycles. The van der Waals surface area contributed by atoms with Crippen molar-refractivity contribution in [2.75, 3.05) is 12.3 Å². The largest absolute Gasteiger partial charge is 0.480 e. The molecule has 1 heterocycles. The molecule has 8 heteroatoms. The van der Waals surface area contributed by atoms with E-state index >= 15 is 0 Å². The Kier molecular flexibility index (Phi) is 8.05. The van der Waals surface area contributed by atoms with Gasteiger partial charge in [0.2, 0.25) is 5.91 Å². The van der Waals surface area contributed by atoms with Crippen LogP contribution in [0.2, 0.25) is 0 Å². The summed E-state index contributed by atoms with van der Waals surface area (Å²) < 4.78 is 0. The molecule has 2 aromatic rings. The summed E-state index contributed by atoms with van der Waals surface area (Å²) >= 11 is 4.37. The molecule has 2 N–H and O–H groups in total. The minimum absolute atomic E-state index is 0.0965. The van der Waals surface area contributed by atoms with E-state index in [0.717, 1.165) is 16.1 Å². The number of thiol groups is 1. The van der Waals surface area contributed by atoms with E-state index in [2.05, 4.69) is 23.0 Å². The molecular formula is C24H27N3O4S. The van der Waals surface area contributed by atoms with Gasteiger partial charge >= 0.3 is 5.97 Å². The molecular weight excluding hydrogens is 426 g/mol. The summed E-state index contributed by atoms with van der Waals surface area (Å²) in [5.41, 5.74) is 2.44. The molecule has 0 spiro atoms. The van der Waals surface area contributed by atoms with Crippen molar-refractivity contribution in [3.8, 4) is 0 Å². The number of nitrogens with zero attached hydrogens (tertiary/aromatic N) is 2. The fourth-order valence-electron chi connectivity index (χ4n) is 3.77. The van der Waals surface area contributed by atoms with Crippen molar-refractivity contribution in [2.24, 2.45) is 11.0 Å². The minimum Gasteiger partial charge on any atom is -0.480 e. The molecule has 7 nitrogen and oxygen atoms in total. The molecule has 0 bridgehead atoms. The standard InChI is InChI=1S/C24H27N3O4S/c1-16(17-8-4-2-5-9-17)19(15-32)23(30)25-21-13-12-20(18-10-6-3-7-11-18)26-27(24(21)31)14-22(28)29/h2-11,16,19,21,32H,12-15H2,1H3,(H,25,30)(H,28,29)/t16-,19-,21+/m1/s1. The Morgan fingerprint density at radius 3 is 2.38 bits per heavy atom. The predicted molar refractivity (Wildman–Crippen MR) is 126 cm³/mol. The van der Waals surface area contributed by atoms with Crippen molar-refractivity contribution in [1.82, 2.24) is 10.3 Å². The first kappa shape index (κ1) is 23.5. The minimum atomic E-state index is -1.17. The molecule has 32 heavy (non-hydrogen) atoms. The van der Waals surface area contributed by atoms with Crippen LogP contribution in [-0.2, 0) is 14.4 Å². The van der Waals surface area contributed by atoms with E-state index in [-0.39, 0.29) is 11.8 Å². The van der Waals surface area contributed by atoms with E-state index in [1.165, 1.54) is 0 Å². The Balaban J connectivity index is 1.79. The summed E-state index contributed by atoms with van der Waals surface area (Å²) in [7, 11) is 0. The third kappa shape index (κ3) is 5.76. The quantitative estimate of drug-likeness (QED) is 0.535. The lowest BCUT2D eigenvalue weighted by Gasteiger charge is -2.26. The molecule has 0 radical (unpaired) electrons. The van der Waals surface area contributed by atoms with Gasteiger partial charge in [-0.25, -0.2) is 5.01 Å². The third-order valence-corrected chi connectivity index (χ3v) is 6.03. The molecule has 0 saturated carbocycles. The number of carbonyl (C=O) groups excluding carboxylic acids is 2. The second-order valence-corrected chi connectivity index (χ2v) is 8.16. The summed E-state index contributed by atoms with van der Waals surface area (Å²) in [4.78, 5) is 37.5. The zero-order valence-electron chi connectivity index (χ0n) is 17.8. The Bertz CT molecular complexity index is 981. The molecule has 0 aromatic heterocycles. The van der Waals surface area contributed by atoms with Crippen LogP contribution >= 0.6 is 12.6 Å². The number of carbonyl (C=O) groups is 3. The monoisotopic (exact) mass is 453 g/mol. The smallest absolute Gasteiger partial charge is 0.325 e. The highest BCUT2D eigenvalue weighted by atomic mass is 32.1. The number of aliphatic carboxylic acids is 1. The van der Waals surface area contributed by atoms with E-state index < -0.39 is 30.4 Å². The van der Waals surface area contributed by atoms with Gasteiger partial charge in [-0.05, 0) is 29.9 Å². The van der Waals surface area contributed by atoms with Crippen molar-refractivity contribution in [3.05, 3.63) is 71.8 Å². The number of nitrogens with one attached hydrogen (secondary N) is 1. The van der Waals surface area contributed by atoms with Crippen molar-refractivity contribution in [2.45, 2.75) is 31.7 Å². The van der Waals surface area contributed by atoms with Crippen LogP contribution in [-0.4, -0.2) is 52.0 Å². The molecule has 0 fully saturated rings. The maximum absolute atomic E-state index is 13.1. The van der Waals surface area contributed by atoms with Crippen molar-refractivity contribution >= 4 is 36.1 Å². The lowest BCUT2D eigenvalue weighted by Crippen LogP contribution is -2.49. The zero-order chi connectivity index (χ0) is 23.1. The Morgan fingerprint density at radius 1 is 1.16 bits per heavy atom. The number of benzene rings is 2. The first-order valence-corrected chi connectivity index (χ1v) is 11.2. The SMILES string of the molecule is C[C@H](c1ccccc1)[C@@H](CS)C(=O)N[C@H]1CCC(c2ccccc2)=NN(CC(=O)O)C1=O. The van der Waals surface area contributed by atoms with Crippen LogP contribution in [0.5, 0.6) is 0 Å². The Morgan fingerprint density at radius 2 is 1.78 bits per heavy atom. The van der Waals surface area contributed by atoms with Gasteiger partial charge in [0.1, 0.15) is 12.6 Å². The zero-order valence-corrected chi connectivity index (χ0v) is 18.7. The van der Waals surface area contributed by atoms with Gasteiger partial charge in [-0.3, -0.25) is 14.4 Å². The topological polar surface area (TPSA) is 99.1 Å². The number of carboxylic acid groups (broad SMARTS) is 1. The summed E-state index contributed by atoms with van der Waals surface area (Å²) in [6, 6.07) is 18.1. The molecule has 0 aliphatic carbocycles. The van der Waals surface area contributed by atoms with Gasteiger partial charge in [-0.15, -0.1) is 0 Å². The Labute approximate surface area is 192 Å². The highest BCUT2D eigenvalue weighted by Crippen LogP contribution is 2.26. The van der Waals surface area contributed by atoms with Crippen molar-refractivity contribution in [3.63, 3.8) is 0 Å². The van der Waals surface area contributed by atoms with Gasteiger partial charge in [-0.2, -0.15) is 17.7 Å². The fourth-order valence-corrected chi connectivity index (χ4v) is 4.26. The molecule has 3 rings (SSSR count). The van der Waals surface area contributed by atoms with Gasteiger partial charge < -0.3 is 10.4 Å². The number of hydrogen-bond donors (Lipinski definition) is 3. The maximum Gasteiger partial charge on any atom is 0.325 e. The van der Waals surface area contributed by atoms with Crippen LogP contribution in [0, 0.1) is 5.92 Å². The van der Waals surface area contributed by atoms with Gasteiger partial charge in [0.15, 0.2) is 0 Å². The molecule has 0 saturated heterocycles. The molecule has 3 atom stereocenters. The number of rotatable bonds is 8. The molecule has 2 aromatic carbocycles. The van der Waals surface area contributed by atoms with Crippen LogP contribution in [0.25, 0.3) is 0 Å². The highest BCUT2D eigenvalue weighted by Gasteiger charge is 2.34. The van der Waals surface area contributed by atoms with Crippen molar-refractivity contribution < 1.29 is 19.5 Å². The summed E-state index contributed by atoms with van der Waals surface area (Å²) in [5, 5.41) is 17.4. The second-order valence-electron chi connectivity index (χ2n) is 7.79. The number of hydrogen-bond acceptors (Lipinski definition) is 5. The van der Waals surface area contributed by atoms with E-state index in [1.807, 2.05) is 67.6 Å². The average molecular weight is 454 g/mol. The normalized spacial score (nSPS) is 18.3. The van der Waals surface area contributed by atoms with Crippen LogP contribution in [0.15, 0.2) is 65.8 Å². The third-order valence-electron chi connectivity index (χ3n) is 5.63. The van der Waals surface area contributed by atoms with E-state index in [1.54, 1.807) is 0 Å². The van der Waals surface area contributed by atoms with Gasteiger partial charge in [-0.1, -0.05) is 67.6 Å². The van der Waals surface area contributed by atoms with Crippen LogP contribution in [0.3, 0.4) is 0 Å². The van der Waals surface area contributed by atoms with E-state index in [0.29, 0.717) is 24.3 Å². The summed E-state index contributed by atoms with van der Waals surface area (Å²) in [6.07, 6.45) is 0.754. The first-order valence-electron chi connectivity index (χ1n) is 10.5. The van der Waals surface area contributed by atoms with Crippen LogP contribution in [0.1, 0.15) is 36.8 Å². The van der Waals surface area contributed by atoms with E-state index in [4.69, 9.17) is 0 Å². The Hall–Kier alpha value is -3.13. The second kappa shape index (κ2) is 10.9. The number of carboxylic acids is 1. The van der Waals surface area contributed by atoms with Crippen molar-refractivity contribution in [1.29, 1.82) is 0 Å². The van der Waals surface area contributed by atoms with Crippen LogP contribution in [0.4, 0.5) is 0 Å². The lowest BCUT2D eigenvalue weighted by atomic mass is 9.88. The summed E-state index contributed by atoms with van der Waals surface area (Å²) in [6.45, 7) is 1.38. The van der Waals surface area contributed by atoms with Crippen LogP contribution < -0.4 is 5.32 Å². The molecule has 1 aliphatic rings. The molecule has 2 amide bonds. The highest BCUT2D eigenvalue weighted by molar-refractivity contribution is 7.80. The molecule has 0 unspecified atom stereocenters. The van der Waals surface area contributed by atoms with Gasteiger partial charge in [0.25, 0.3) is 5.91 Å². The fraction of sp³-hybridized carbons (Fsp3) is 0.333. The number of amides is 2. The average Bonchev–Trinajstić information content (AvgIpc) is 2.94. The molecule has 168 valence electrons. The predicted octanol–water partition coefficient (Wildman–Crippen LogP) is 2.93.